The molecule has 0 spiro atoms. The Bertz CT molecular complexity index is 1310. The van der Waals surface area contributed by atoms with Gasteiger partial charge < -0.3 is 9.64 Å². The summed E-state index contributed by atoms with van der Waals surface area (Å²) in [6.45, 7) is 3.12. The Kier molecular flexibility index (Phi) is 3.88. The highest BCUT2D eigenvalue weighted by Crippen LogP contribution is 2.43. The Morgan fingerprint density at radius 3 is 2.60 bits per heavy atom. The van der Waals surface area contributed by atoms with Crippen molar-refractivity contribution in [3.63, 3.8) is 0 Å². The van der Waals surface area contributed by atoms with Crippen LogP contribution in [0.2, 0.25) is 0 Å². The van der Waals surface area contributed by atoms with Crippen LogP contribution in [0.15, 0.2) is 78.5 Å². The van der Waals surface area contributed by atoms with Crippen molar-refractivity contribution >= 4 is 22.7 Å². The number of nitrogens with zero attached hydrogens (tertiary/aromatic N) is 2. The summed E-state index contributed by atoms with van der Waals surface area (Å²) in [5, 5.41) is 1.17. The molecule has 6 rings (SSSR count). The van der Waals surface area contributed by atoms with Crippen LogP contribution in [0.5, 0.6) is 11.5 Å². The van der Waals surface area contributed by atoms with E-state index in [1.165, 1.54) is 33.5 Å². The number of pyridine rings is 1. The molecule has 2 aliphatic rings. The second-order valence-corrected chi connectivity index (χ2v) is 8.00. The van der Waals surface area contributed by atoms with Gasteiger partial charge in [0.15, 0.2) is 5.75 Å². The first kappa shape index (κ1) is 17.3. The van der Waals surface area contributed by atoms with Gasteiger partial charge in [0.2, 0.25) is 0 Å². The first-order chi connectivity index (χ1) is 14.8. The van der Waals surface area contributed by atoms with E-state index in [1.54, 1.807) is 0 Å². The van der Waals surface area contributed by atoms with E-state index >= 15 is 0 Å². The number of fused-ring (bicyclic) bond motifs is 4. The molecule has 0 bridgehead atoms. The van der Waals surface area contributed by atoms with Crippen LogP contribution in [-0.2, 0) is 12.8 Å². The van der Waals surface area contributed by atoms with Crippen molar-refractivity contribution < 1.29 is 4.74 Å². The average Bonchev–Trinajstić information content (AvgIpc) is 3.40. The lowest BCUT2D eigenvalue weighted by Crippen LogP contribution is -2.20. The minimum atomic E-state index is 0.806. The quantitative estimate of drug-likeness (QED) is 0.411. The molecule has 3 nitrogen and oxygen atoms in total. The predicted molar refractivity (Wildman–Crippen MR) is 122 cm³/mol. The van der Waals surface area contributed by atoms with Crippen LogP contribution in [0.1, 0.15) is 22.4 Å². The maximum absolute atomic E-state index is 6.22. The molecule has 4 aromatic rings. The van der Waals surface area contributed by atoms with Gasteiger partial charge in [0.1, 0.15) is 11.3 Å². The highest BCUT2D eigenvalue weighted by atomic mass is 16.5. The normalized spacial score (nSPS) is 14.6. The Labute approximate surface area is 176 Å². The molecule has 30 heavy (non-hydrogen) atoms. The van der Waals surface area contributed by atoms with Crippen molar-refractivity contribution in [2.75, 3.05) is 11.4 Å². The third-order valence-electron chi connectivity index (χ3n) is 6.18. The fraction of sp³-hybridized carbons (Fsp3) is 0.148. The molecule has 2 heterocycles. The number of allylic oxidation sites excluding steroid dienone is 1. The van der Waals surface area contributed by atoms with E-state index in [4.69, 9.17) is 9.72 Å². The molecule has 3 aromatic carbocycles. The summed E-state index contributed by atoms with van der Waals surface area (Å²) < 4.78 is 6.22. The molecule has 1 aromatic heterocycles. The van der Waals surface area contributed by atoms with Crippen LogP contribution in [-0.4, -0.2) is 11.5 Å². The minimum Gasteiger partial charge on any atom is -0.455 e. The van der Waals surface area contributed by atoms with Gasteiger partial charge in [0.25, 0.3) is 0 Å². The summed E-state index contributed by atoms with van der Waals surface area (Å²) in [6.07, 6.45) is 4.36. The van der Waals surface area contributed by atoms with Crippen molar-refractivity contribution in [3.05, 3.63) is 101 Å². The summed E-state index contributed by atoms with van der Waals surface area (Å²) >= 11 is 0. The molecule has 1 aliphatic carbocycles. The van der Waals surface area contributed by atoms with Gasteiger partial charge in [-0.3, -0.25) is 0 Å². The van der Waals surface area contributed by atoms with Crippen LogP contribution < -0.4 is 9.64 Å². The van der Waals surface area contributed by atoms with Gasteiger partial charge in [-0.1, -0.05) is 54.6 Å². The van der Waals surface area contributed by atoms with Crippen LogP contribution in [0.3, 0.4) is 0 Å². The second kappa shape index (κ2) is 6.74. The van der Waals surface area contributed by atoms with E-state index in [-0.39, 0.29) is 0 Å². The van der Waals surface area contributed by atoms with Gasteiger partial charge in [-0.05, 0) is 54.3 Å². The van der Waals surface area contributed by atoms with E-state index in [1.807, 2.05) is 36.4 Å². The standard InChI is InChI=1S/C27H22N2O/c1-18-23-14-15-29(21-16-19-8-5-6-9-20(19)17-21)27(23)24-12-7-13-25(26(24)28-18)30-22-10-3-2-4-11-22/h2-13,16H,14-15,17H2,1H3. The topological polar surface area (TPSA) is 25.4 Å². The first-order valence-electron chi connectivity index (χ1n) is 10.5. The molecular weight excluding hydrogens is 368 g/mol. The highest BCUT2D eigenvalue weighted by Gasteiger charge is 2.29. The van der Waals surface area contributed by atoms with Crippen molar-refractivity contribution in [2.45, 2.75) is 19.8 Å². The maximum atomic E-state index is 6.22. The molecule has 3 heteroatoms. The Morgan fingerprint density at radius 1 is 0.900 bits per heavy atom. The Balaban J connectivity index is 1.48. The number of para-hydroxylation sites is 2. The van der Waals surface area contributed by atoms with E-state index in [2.05, 4.69) is 54.3 Å². The number of hydrogen-bond donors (Lipinski definition) is 0. The number of hydrogen-bond acceptors (Lipinski definition) is 3. The summed E-state index contributed by atoms with van der Waals surface area (Å²) in [5.41, 5.74) is 8.80. The molecule has 1 aliphatic heterocycles. The summed E-state index contributed by atoms with van der Waals surface area (Å²) in [5.74, 6) is 1.64. The smallest absolute Gasteiger partial charge is 0.153 e. The SMILES string of the molecule is Cc1nc2c(Oc3ccccc3)cccc2c2c1CCN2C1=Cc2ccccc2C1. The monoisotopic (exact) mass is 390 g/mol. The molecule has 0 saturated heterocycles. The van der Waals surface area contributed by atoms with E-state index in [9.17, 15) is 0 Å². The maximum Gasteiger partial charge on any atom is 0.153 e. The van der Waals surface area contributed by atoms with Crippen molar-refractivity contribution in [3.8, 4) is 11.5 Å². The van der Waals surface area contributed by atoms with E-state index < -0.39 is 0 Å². The zero-order chi connectivity index (χ0) is 20.1. The first-order valence-corrected chi connectivity index (χ1v) is 10.5. The second-order valence-electron chi connectivity index (χ2n) is 8.00. The largest absolute Gasteiger partial charge is 0.455 e. The third kappa shape index (κ3) is 2.70. The molecule has 146 valence electrons. The number of ether oxygens (including phenoxy) is 1. The van der Waals surface area contributed by atoms with Crippen LogP contribution in [0.4, 0.5) is 5.69 Å². The van der Waals surface area contributed by atoms with Gasteiger partial charge in [0, 0.05) is 29.7 Å². The lowest BCUT2D eigenvalue weighted by Gasteiger charge is -2.23. The number of benzene rings is 3. The molecule has 0 fully saturated rings. The zero-order valence-electron chi connectivity index (χ0n) is 16.9. The Morgan fingerprint density at radius 2 is 1.73 bits per heavy atom. The minimum absolute atomic E-state index is 0.806. The summed E-state index contributed by atoms with van der Waals surface area (Å²) in [4.78, 5) is 7.47. The number of anilines is 1. The summed E-state index contributed by atoms with van der Waals surface area (Å²) in [6, 6.07) is 24.9. The molecule has 0 unspecified atom stereocenters. The highest BCUT2D eigenvalue weighted by molar-refractivity contribution is 5.99. The number of aromatic nitrogens is 1. The van der Waals surface area contributed by atoms with Gasteiger partial charge in [-0.2, -0.15) is 0 Å². The van der Waals surface area contributed by atoms with Gasteiger partial charge in [-0.25, -0.2) is 4.98 Å². The number of rotatable bonds is 3. The molecule has 0 N–H and O–H groups in total. The van der Waals surface area contributed by atoms with Crippen LogP contribution >= 0.6 is 0 Å². The van der Waals surface area contributed by atoms with Crippen LogP contribution in [0.25, 0.3) is 17.0 Å². The molecule has 0 atom stereocenters. The molecule has 0 saturated carbocycles. The van der Waals surface area contributed by atoms with Crippen molar-refractivity contribution in [1.82, 2.24) is 4.98 Å². The van der Waals surface area contributed by atoms with Crippen molar-refractivity contribution in [2.24, 2.45) is 0 Å². The molecule has 0 radical (unpaired) electrons. The van der Waals surface area contributed by atoms with E-state index in [0.29, 0.717) is 0 Å². The van der Waals surface area contributed by atoms with Gasteiger partial charge in [-0.15, -0.1) is 0 Å². The third-order valence-corrected chi connectivity index (χ3v) is 6.18. The fourth-order valence-electron chi connectivity index (χ4n) is 4.76. The van der Waals surface area contributed by atoms with Crippen LogP contribution in [0, 0.1) is 6.92 Å². The average molecular weight is 390 g/mol. The predicted octanol–water partition coefficient (Wildman–Crippen LogP) is 6.30. The fourth-order valence-corrected chi connectivity index (χ4v) is 4.76. The lowest BCUT2D eigenvalue weighted by atomic mass is 10.1. The molecule has 0 amide bonds. The van der Waals surface area contributed by atoms with Gasteiger partial charge in [0.05, 0.1) is 5.69 Å². The van der Waals surface area contributed by atoms with Gasteiger partial charge >= 0.3 is 0 Å². The van der Waals surface area contributed by atoms with Crippen molar-refractivity contribution in [1.29, 1.82) is 0 Å². The number of aryl methyl sites for hydroxylation is 1. The molecular formula is C27H22N2O. The van der Waals surface area contributed by atoms with E-state index in [0.717, 1.165) is 42.1 Å². The zero-order valence-corrected chi connectivity index (χ0v) is 16.9. The summed E-state index contributed by atoms with van der Waals surface area (Å²) in [7, 11) is 0. The Hall–Kier alpha value is -3.59. The lowest BCUT2D eigenvalue weighted by molar-refractivity contribution is 0.487.